The first kappa shape index (κ1) is 17.8. The summed E-state index contributed by atoms with van der Waals surface area (Å²) >= 11 is 0. The van der Waals surface area contributed by atoms with Gasteiger partial charge in [0.05, 0.1) is 12.6 Å². The van der Waals surface area contributed by atoms with Gasteiger partial charge in [-0.05, 0) is 43.1 Å². The second-order valence-electron chi connectivity index (χ2n) is 6.30. The van der Waals surface area contributed by atoms with E-state index < -0.39 is 0 Å². The van der Waals surface area contributed by atoms with E-state index in [0.717, 1.165) is 32.4 Å². The van der Waals surface area contributed by atoms with Crippen molar-refractivity contribution >= 4 is 6.09 Å². The lowest BCUT2D eigenvalue weighted by Gasteiger charge is -2.34. The van der Waals surface area contributed by atoms with Crippen molar-refractivity contribution in [2.45, 2.75) is 32.2 Å². The first-order valence-electron chi connectivity index (χ1n) is 8.33. The molecule has 0 radical (unpaired) electrons. The topological polar surface area (TPSA) is 42.0 Å². The van der Waals surface area contributed by atoms with Crippen LogP contribution in [0.3, 0.4) is 0 Å². The molecule has 1 aliphatic rings. The van der Waals surface area contributed by atoms with Crippen molar-refractivity contribution in [1.29, 1.82) is 0 Å². The number of carbonyl (C=O) groups excluding carboxylic acids is 1. The van der Waals surface area contributed by atoms with E-state index >= 15 is 0 Å². The summed E-state index contributed by atoms with van der Waals surface area (Å²) in [6.45, 7) is 4.68. The molecule has 1 aromatic rings. The Bertz CT molecular complexity index is 531. The van der Waals surface area contributed by atoms with E-state index in [2.05, 4.69) is 24.9 Å². The first-order valence-corrected chi connectivity index (χ1v) is 8.33. The third kappa shape index (κ3) is 4.69. The molecule has 0 aliphatic carbocycles. The normalized spacial score (nSPS) is 17.7. The monoisotopic (exact) mass is 320 g/mol. The number of carbonyl (C=O) groups is 1. The third-order valence-electron chi connectivity index (χ3n) is 4.23. The van der Waals surface area contributed by atoms with Crippen molar-refractivity contribution in [1.82, 2.24) is 9.80 Å². The van der Waals surface area contributed by atoms with E-state index in [-0.39, 0.29) is 12.1 Å². The van der Waals surface area contributed by atoms with Crippen molar-refractivity contribution in [2.75, 3.05) is 40.9 Å². The SMILES string of the molecule is CCCCOCC1c2ccc(OC(=O)N(C)C)cc2CCN1C. The number of nitrogens with zero attached hydrogens (tertiary/aromatic N) is 2. The Morgan fingerprint density at radius 2 is 2.17 bits per heavy atom. The molecule has 0 spiro atoms. The van der Waals surface area contributed by atoms with Crippen molar-refractivity contribution in [3.8, 4) is 5.75 Å². The van der Waals surface area contributed by atoms with Gasteiger partial charge in [-0.2, -0.15) is 0 Å². The molecule has 1 atom stereocenters. The molecule has 1 heterocycles. The van der Waals surface area contributed by atoms with E-state index in [4.69, 9.17) is 9.47 Å². The first-order chi connectivity index (χ1) is 11.0. The summed E-state index contributed by atoms with van der Waals surface area (Å²) in [5.41, 5.74) is 2.52. The molecule has 1 unspecified atom stereocenters. The molecule has 1 aliphatic heterocycles. The molecule has 0 fully saturated rings. The largest absolute Gasteiger partial charge is 0.414 e. The minimum atomic E-state index is -0.350. The van der Waals surface area contributed by atoms with Crippen LogP contribution in [0.5, 0.6) is 5.75 Å². The van der Waals surface area contributed by atoms with Crippen LogP contribution in [0.15, 0.2) is 18.2 Å². The second-order valence-corrected chi connectivity index (χ2v) is 6.30. The summed E-state index contributed by atoms with van der Waals surface area (Å²) in [5.74, 6) is 0.609. The molecule has 1 amide bonds. The summed E-state index contributed by atoms with van der Waals surface area (Å²) in [6, 6.07) is 6.20. The predicted octanol–water partition coefficient (Wildman–Crippen LogP) is 3.09. The molecule has 1 aromatic carbocycles. The smallest absolute Gasteiger partial charge is 0.410 e. The van der Waals surface area contributed by atoms with Gasteiger partial charge >= 0.3 is 6.09 Å². The number of amides is 1. The Labute approximate surface area is 139 Å². The zero-order chi connectivity index (χ0) is 16.8. The number of fused-ring (bicyclic) bond motifs is 1. The lowest BCUT2D eigenvalue weighted by molar-refractivity contribution is 0.0637. The van der Waals surface area contributed by atoms with E-state index in [1.54, 1.807) is 14.1 Å². The maximum absolute atomic E-state index is 11.7. The van der Waals surface area contributed by atoms with Crippen molar-refractivity contribution < 1.29 is 14.3 Å². The van der Waals surface area contributed by atoms with Gasteiger partial charge in [0.25, 0.3) is 0 Å². The Morgan fingerprint density at radius 3 is 2.87 bits per heavy atom. The molecule has 128 valence electrons. The van der Waals surface area contributed by atoms with Gasteiger partial charge in [0, 0.05) is 27.2 Å². The second kappa shape index (κ2) is 8.31. The quantitative estimate of drug-likeness (QED) is 0.755. The third-order valence-corrected chi connectivity index (χ3v) is 4.23. The fourth-order valence-corrected chi connectivity index (χ4v) is 2.73. The molecule has 0 saturated carbocycles. The van der Waals surface area contributed by atoms with Gasteiger partial charge in [0.2, 0.25) is 0 Å². The fraction of sp³-hybridized carbons (Fsp3) is 0.611. The molecule has 0 aromatic heterocycles. The van der Waals surface area contributed by atoms with Crippen LogP contribution in [0.2, 0.25) is 0 Å². The highest BCUT2D eigenvalue weighted by Gasteiger charge is 2.25. The fourth-order valence-electron chi connectivity index (χ4n) is 2.73. The molecule has 0 saturated heterocycles. The van der Waals surface area contributed by atoms with Gasteiger partial charge in [-0.3, -0.25) is 4.90 Å². The van der Waals surface area contributed by atoms with Crippen LogP contribution >= 0.6 is 0 Å². The highest BCUT2D eigenvalue weighted by molar-refractivity contribution is 5.70. The molecule has 5 nitrogen and oxygen atoms in total. The predicted molar refractivity (Wildman–Crippen MR) is 91.0 cm³/mol. The van der Waals surface area contributed by atoms with Crippen LogP contribution in [0, 0.1) is 0 Å². The van der Waals surface area contributed by atoms with E-state index in [0.29, 0.717) is 12.4 Å². The van der Waals surface area contributed by atoms with Gasteiger partial charge in [-0.25, -0.2) is 4.79 Å². The lowest BCUT2D eigenvalue weighted by atomic mass is 9.93. The van der Waals surface area contributed by atoms with Crippen molar-refractivity contribution in [3.05, 3.63) is 29.3 Å². The van der Waals surface area contributed by atoms with Gasteiger partial charge < -0.3 is 14.4 Å². The molecule has 5 heteroatoms. The molecule has 0 bridgehead atoms. The zero-order valence-corrected chi connectivity index (χ0v) is 14.7. The maximum Gasteiger partial charge on any atom is 0.414 e. The van der Waals surface area contributed by atoms with Crippen molar-refractivity contribution in [3.63, 3.8) is 0 Å². The van der Waals surface area contributed by atoms with Gasteiger partial charge in [0.1, 0.15) is 5.75 Å². The molecule has 2 rings (SSSR count). The highest BCUT2D eigenvalue weighted by Crippen LogP contribution is 2.31. The van der Waals surface area contributed by atoms with Gasteiger partial charge in [-0.1, -0.05) is 19.4 Å². The number of hydrogen-bond donors (Lipinski definition) is 0. The molecule has 0 N–H and O–H groups in total. The van der Waals surface area contributed by atoms with Gasteiger partial charge in [-0.15, -0.1) is 0 Å². The van der Waals surface area contributed by atoms with Gasteiger partial charge in [0.15, 0.2) is 0 Å². The van der Waals surface area contributed by atoms with E-state index in [1.807, 2.05) is 12.1 Å². The van der Waals surface area contributed by atoms with Crippen LogP contribution in [0.1, 0.15) is 36.9 Å². The minimum absolute atomic E-state index is 0.272. The van der Waals surface area contributed by atoms with Crippen LogP contribution in [0.4, 0.5) is 4.79 Å². The summed E-state index contributed by atoms with van der Waals surface area (Å²) in [5, 5.41) is 0. The number of benzene rings is 1. The standard InChI is InChI=1S/C18H28N2O3/c1-5-6-11-22-13-17-16-8-7-15(23-18(21)19(2)3)12-14(16)9-10-20(17)4/h7-8,12,17H,5-6,9-11,13H2,1-4H3. The average Bonchev–Trinajstić information content (AvgIpc) is 2.53. The number of rotatable bonds is 6. The van der Waals surface area contributed by atoms with Crippen LogP contribution in [-0.2, 0) is 11.2 Å². The summed E-state index contributed by atoms with van der Waals surface area (Å²) in [6.07, 6.45) is 2.86. The number of ether oxygens (including phenoxy) is 2. The Hall–Kier alpha value is -1.59. The summed E-state index contributed by atoms with van der Waals surface area (Å²) in [4.78, 5) is 15.4. The molecular weight excluding hydrogens is 292 g/mol. The summed E-state index contributed by atoms with van der Waals surface area (Å²) in [7, 11) is 5.50. The Morgan fingerprint density at radius 1 is 1.39 bits per heavy atom. The zero-order valence-electron chi connectivity index (χ0n) is 14.7. The van der Waals surface area contributed by atoms with E-state index in [9.17, 15) is 4.79 Å². The minimum Gasteiger partial charge on any atom is -0.410 e. The Kier molecular flexibility index (Phi) is 6.42. The number of hydrogen-bond acceptors (Lipinski definition) is 4. The van der Waals surface area contributed by atoms with Crippen LogP contribution < -0.4 is 4.74 Å². The average molecular weight is 320 g/mol. The number of likely N-dealkylation sites (N-methyl/N-ethyl adjacent to an activating group) is 1. The Balaban J connectivity index is 2.08. The number of unbranched alkanes of at least 4 members (excludes halogenated alkanes) is 1. The molecule has 23 heavy (non-hydrogen) atoms. The van der Waals surface area contributed by atoms with Crippen molar-refractivity contribution in [2.24, 2.45) is 0 Å². The molecular formula is C18H28N2O3. The summed E-state index contributed by atoms with van der Waals surface area (Å²) < 4.78 is 11.2. The maximum atomic E-state index is 11.7. The van der Waals surface area contributed by atoms with Crippen LogP contribution in [-0.4, -0.2) is 56.8 Å². The highest BCUT2D eigenvalue weighted by atomic mass is 16.6. The van der Waals surface area contributed by atoms with Crippen LogP contribution in [0.25, 0.3) is 0 Å². The van der Waals surface area contributed by atoms with E-state index in [1.165, 1.54) is 16.0 Å². The lowest BCUT2D eigenvalue weighted by Crippen LogP contribution is -2.35.